The molecule has 1 heterocycles. The molecule has 3 atom stereocenters. The number of rotatable bonds is 2. The molecule has 2 aromatic carbocycles. The average molecular weight is 349 g/mol. The van der Waals surface area contributed by atoms with E-state index in [1.54, 1.807) is 4.90 Å². The van der Waals surface area contributed by atoms with Crippen LogP contribution < -0.4 is 0 Å². The summed E-state index contributed by atoms with van der Waals surface area (Å²) < 4.78 is 5.74. The van der Waals surface area contributed by atoms with Crippen LogP contribution in [0.3, 0.4) is 0 Å². The lowest BCUT2D eigenvalue weighted by Crippen LogP contribution is -2.42. The van der Waals surface area contributed by atoms with E-state index in [1.807, 2.05) is 12.1 Å². The quantitative estimate of drug-likeness (QED) is 0.901. The molecule has 1 N–H and O–H groups in total. The van der Waals surface area contributed by atoms with Gasteiger partial charge in [-0.2, -0.15) is 0 Å². The van der Waals surface area contributed by atoms with Crippen LogP contribution in [-0.4, -0.2) is 41.9 Å². The number of aliphatic hydroxyl groups excluding tert-OH is 1. The van der Waals surface area contributed by atoms with E-state index in [4.69, 9.17) is 4.74 Å². The van der Waals surface area contributed by atoms with Gasteiger partial charge in [0.05, 0.1) is 6.10 Å². The second-order valence-corrected chi connectivity index (χ2v) is 7.87. The highest BCUT2D eigenvalue weighted by atomic mass is 16.6. The Labute approximate surface area is 153 Å². The minimum Gasteiger partial charge on any atom is -0.448 e. The van der Waals surface area contributed by atoms with Gasteiger partial charge in [-0.1, -0.05) is 48.5 Å². The predicted molar refractivity (Wildman–Crippen MR) is 98.9 cm³/mol. The summed E-state index contributed by atoms with van der Waals surface area (Å²) in [5.41, 5.74) is 4.94. The predicted octanol–water partition coefficient (Wildman–Crippen LogP) is 3.64. The Hall–Kier alpha value is -2.33. The molecule has 0 aromatic heterocycles. The molecular weight excluding hydrogens is 326 g/mol. The van der Waals surface area contributed by atoms with Crippen LogP contribution in [0.15, 0.2) is 48.5 Å². The second kappa shape index (κ2) is 6.13. The van der Waals surface area contributed by atoms with Crippen LogP contribution in [-0.2, 0) is 4.74 Å². The van der Waals surface area contributed by atoms with Crippen LogP contribution in [0.1, 0.15) is 29.9 Å². The molecule has 2 bridgehead atoms. The summed E-state index contributed by atoms with van der Waals surface area (Å²) in [4.78, 5) is 14.4. The van der Waals surface area contributed by atoms with E-state index in [-0.39, 0.29) is 24.0 Å². The van der Waals surface area contributed by atoms with Gasteiger partial charge < -0.3 is 14.7 Å². The van der Waals surface area contributed by atoms with Crippen molar-refractivity contribution < 1.29 is 14.6 Å². The number of amides is 1. The Kier molecular flexibility index (Phi) is 3.75. The molecule has 1 saturated heterocycles. The maximum Gasteiger partial charge on any atom is 0.409 e. The van der Waals surface area contributed by atoms with Crippen LogP contribution in [0.5, 0.6) is 0 Å². The van der Waals surface area contributed by atoms with Crippen LogP contribution in [0, 0.1) is 11.8 Å². The molecule has 134 valence electrons. The zero-order valence-corrected chi connectivity index (χ0v) is 14.7. The Morgan fingerprint density at radius 1 is 1.00 bits per heavy atom. The van der Waals surface area contributed by atoms with Gasteiger partial charge in [-0.05, 0) is 41.0 Å². The number of likely N-dealkylation sites (tertiary alicyclic amines) is 1. The lowest BCUT2D eigenvalue weighted by Gasteiger charge is -2.31. The van der Waals surface area contributed by atoms with Crippen molar-refractivity contribution in [1.82, 2.24) is 4.90 Å². The van der Waals surface area contributed by atoms with Crippen LogP contribution in [0.4, 0.5) is 4.79 Å². The van der Waals surface area contributed by atoms with Gasteiger partial charge in [-0.15, -0.1) is 0 Å². The molecule has 1 saturated carbocycles. The van der Waals surface area contributed by atoms with Crippen molar-refractivity contribution in [3.8, 4) is 11.1 Å². The molecule has 0 radical (unpaired) electrons. The van der Waals surface area contributed by atoms with Gasteiger partial charge in [0.15, 0.2) is 0 Å². The van der Waals surface area contributed by atoms with E-state index in [0.29, 0.717) is 25.6 Å². The monoisotopic (exact) mass is 349 g/mol. The Morgan fingerprint density at radius 3 is 2.31 bits per heavy atom. The first-order valence-electron chi connectivity index (χ1n) is 9.48. The molecule has 0 spiro atoms. The summed E-state index contributed by atoms with van der Waals surface area (Å²) >= 11 is 0. The topological polar surface area (TPSA) is 49.8 Å². The number of nitrogens with zero attached hydrogens (tertiary/aromatic N) is 1. The number of hydrogen-bond acceptors (Lipinski definition) is 3. The van der Waals surface area contributed by atoms with Crippen molar-refractivity contribution in [3.63, 3.8) is 0 Å². The molecule has 4 heteroatoms. The van der Waals surface area contributed by atoms with Crippen molar-refractivity contribution in [2.24, 2.45) is 11.8 Å². The van der Waals surface area contributed by atoms with Gasteiger partial charge in [-0.3, -0.25) is 0 Å². The normalized spacial score (nSPS) is 26.5. The van der Waals surface area contributed by atoms with Gasteiger partial charge >= 0.3 is 6.09 Å². The zero-order valence-electron chi connectivity index (χ0n) is 14.7. The minimum atomic E-state index is -0.258. The highest BCUT2D eigenvalue weighted by Gasteiger charge is 2.41. The molecule has 5 rings (SSSR count). The summed E-state index contributed by atoms with van der Waals surface area (Å²) in [5.74, 6) is 0.733. The first-order chi connectivity index (χ1) is 12.7. The highest BCUT2D eigenvalue weighted by molar-refractivity contribution is 5.79. The zero-order chi connectivity index (χ0) is 17.7. The number of aliphatic hydroxyl groups is 1. The van der Waals surface area contributed by atoms with Crippen molar-refractivity contribution in [2.45, 2.75) is 24.9 Å². The minimum absolute atomic E-state index is 0.0958. The molecule has 1 aliphatic heterocycles. The number of ether oxygens (including phenoxy) is 1. The number of carbonyl (C=O) groups excluding carboxylic acids is 1. The summed E-state index contributed by atoms with van der Waals surface area (Å²) in [5, 5.41) is 10.0. The fourth-order valence-corrected chi connectivity index (χ4v) is 5.06. The van der Waals surface area contributed by atoms with Gasteiger partial charge in [0, 0.05) is 24.9 Å². The number of fused-ring (bicyclic) bond motifs is 5. The van der Waals surface area contributed by atoms with Crippen LogP contribution >= 0.6 is 0 Å². The largest absolute Gasteiger partial charge is 0.448 e. The number of hydrogen-bond donors (Lipinski definition) is 1. The first kappa shape index (κ1) is 15.9. The lowest BCUT2D eigenvalue weighted by atomic mass is 9.98. The van der Waals surface area contributed by atoms with Crippen molar-refractivity contribution >= 4 is 6.09 Å². The standard InChI is InChI=1S/C22H23NO3/c24-21-10-14-9-15(21)12-23(11-14)22(25)26-13-20-18-7-3-1-5-16(18)17-6-2-4-8-19(17)20/h1-8,14-15,20-21,24H,9-13H2. The second-order valence-electron chi connectivity index (χ2n) is 7.87. The Morgan fingerprint density at radius 2 is 1.65 bits per heavy atom. The molecule has 26 heavy (non-hydrogen) atoms. The van der Waals surface area contributed by atoms with Crippen molar-refractivity contribution in [3.05, 3.63) is 59.7 Å². The SMILES string of the molecule is O=C(OCC1c2ccccc2-c2ccccc21)N1CC2CC(O)C(C2)C1. The van der Waals surface area contributed by atoms with E-state index in [9.17, 15) is 9.90 Å². The molecule has 1 amide bonds. The summed E-state index contributed by atoms with van der Waals surface area (Å²) in [6, 6.07) is 16.7. The maximum atomic E-state index is 12.6. The fourth-order valence-electron chi connectivity index (χ4n) is 5.06. The van der Waals surface area contributed by atoms with Gasteiger partial charge in [-0.25, -0.2) is 4.79 Å². The fraction of sp³-hybridized carbons (Fsp3) is 0.409. The van der Waals surface area contributed by atoms with E-state index in [1.165, 1.54) is 22.3 Å². The molecule has 4 nitrogen and oxygen atoms in total. The lowest BCUT2D eigenvalue weighted by molar-refractivity contribution is 0.0681. The van der Waals surface area contributed by atoms with Crippen LogP contribution in [0.25, 0.3) is 11.1 Å². The maximum absolute atomic E-state index is 12.6. The molecule has 2 aromatic rings. The third-order valence-corrected chi connectivity index (χ3v) is 6.28. The Balaban J connectivity index is 1.32. The van der Waals surface area contributed by atoms with Crippen LogP contribution in [0.2, 0.25) is 0 Å². The smallest absolute Gasteiger partial charge is 0.409 e. The molecular formula is C22H23NO3. The number of piperidine rings is 1. The van der Waals surface area contributed by atoms with E-state index < -0.39 is 0 Å². The molecule has 2 fully saturated rings. The van der Waals surface area contributed by atoms with Gasteiger partial charge in [0.2, 0.25) is 0 Å². The summed E-state index contributed by atoms with van der Waals surface area (Å²) in [6.45, 7) is 1.69. The third kappa shape index (κ3) is 2.52. The number of carbonyl (C=O) groups is 1. The van der Waals surface area contributed by atoms with E-state index in [0.717, 1.165) is 12.8 Å². The summed E-state index contributed by atoms with van der Waals surface area (Å²) in [6.07, 6.45) is 1.36. The van der Waals surface area contributed by atoms with Gasteiger partial charge in [0.1, 0.15) is 6.61 Å². The number of benzene rings is 2. The first-order valence-corrected chi connectivity index (χ1v) is 9.48. The average Bonchev–Trinajstić information content (AvgIpc) is 3.13. The van der Waals surface area contributed by atoms with E-state index in [2.05, 4.69) is 36.4 Å². The third-order valence-electron chi connectivity index (χ3n) is 6.28. The highest BCUT2D eigenvalue weighted by Crippen LogP contribution is 2.44. The molecule has 2 aliphatic carbocycles. The molecule has 3 aliphatic rings. The molecule has 3 unspecified atom stereocenters. The van der Waals surface area contributed by atoms with Crippen molar-refractivity contribution in [2.75, 3.05) is 19.7 Å². The summed E-state index contributed by atoms with van der Waals surface area (Å²) in [7, 11) is 0. The van der Waals surface area contributed by atoms with Gasteiger partial charge in [0.25, 0.3) is 0 Å². The Bertz CT molecular complexity index is 801. The van der Waals surface area contributed by atoms with Crippen molar-refractivity contribution in [1.29, 1.82) is 0 Å². The van der Waals surface area contributed by atoms with E-state index >= 15 is 0 Å².